The first kappa shape index (κ1) is 12.0. The van der Waals surface area contributed by atoms with E-state index in [1.165, 1.54) is 6.07 Å². The molecule has 1 aromatic carbocycles. The zero-order chi connectivity index (χ0) is 12.4. The molecular formula is C13H12ClFN2. The van der Waals surface area contributed by atoms with Gasteiger partial charge in [0, 0.05) is 5.69 Å². The van der Waals surface area contributed by atoms with E-state index in [1.807, 2.05) is 13.8 Å². The molecule has 2 nitrogen and oxygen atoms in total. The van der Waals surface area contributed by atoms with Crippen molar-refractivity contribution in [2.24, 2.45) is 0 Å². The van der Waals surface area contributed by atoms with Gasteiger partial charge in [0.15, 0.2) is 5.82 Å². The first-order chi connectivity index (χ1) is 8.08. The van der Waals surface area contributed by atoms with Crippen LogP contribution in [0, 0.1) is 5.82 Å². The van der Waals surface area contributed by atoms with Crippen LogP contribution in [0.15, 0.2) is 30.3 Å². The summed E-state index contributed by atoms with van der Waals surface area (Å²) in [7, 11) is 0. The summed E-state index contributed by atoms with van der Waals surface area (Å²) < 4.78 is 13.6. The van der Waals surface area contributed by atoms with Crippen LogP contribution in [-0.4, -0.2) is 9.97 Å². The second-order valence-corrected chi connectivity index (χ2v) is 4.46. The van der Waals surface area contributed by atoms with Crippen molar-refractivity contribution < 1.29 is 4.39 Å². The van der Waals surface area contributed by atoms with E-state index in [9.17, 15) is 4.39 Å². The molecule has 0 spiro atoms. The van der Waals surface area contributed by atoms with E-state index in [1.54, 1.807) is 24.3 Å². The lowest BCUT2D eigenvalue weighted by Gasteiger charge is -2.08. The van der Waals surface area contributed by atoms with E-state index in [4.69, 9.17) is 11.6 Å². The van der Waals surface area contributed by atoms with Gasteiger partial charge in [-0.3, -0.25) is 0 Å². The van der Waals surface area contributed by atoms with Crippen LogP contribution in [0.1, 0.15) is 25.5 Å². The lowest BCUT2D eigenvalue weighted by molar-refractivity contribution is 0.629. The first-order valence-corrected chi connectivity index (χ1v) is 5.75. The van der Waals surface area contributed by atoms with Crippen LogP contribution < -0.4 is 0 Å². The number of aromatic nitrogens is 2. The topological polar surface area (TPSA) is 25.8 Å². The molecule has 0 unspecified atom stereocenters. The Morgan fingerprint density at radius 3 is 2.53 bits per heavy atom. The molecule has 0 aliphatic heterocycles. The van der Waals surface area contributed by atoms with Gasteiger partial charge in [0.25, 0.3) is 0 Å². The summed E-state index contributed by atoms with van der Waals surface area (Å²) in [6, 6.07) is 8.11. The monoisotopic (exact) mass is 250 g/mol. The predicted molar refractivity (Wildman–Crippen MR) is 66.5 cm³/mol. The minimum absolute atomic E-state index is 0.223. The van der Waals surface area contributed by atoms with E-state index in [-0.39, 0.29) is 11.7 Å². The molecule has 0 N–H and O–H groups in total. The third kappa shape index (κ3) is 2.61. The van der Waals surface area contributed by atoms with Crippen molar-refractivity contribution in [1.82, 2.24) is 9.97 Å². The molecule has 4 heteroatoms. The highest BCUT2D eigenvalue weighted by Gasteiger charge is 2.11. The number of rotatable bonds is 2. The third-order valence-electron chi connectivity index (χ3n) is 2.42. The van der Waals surface area contributed by atoms with Gasteiger partial charge in [-0.25, -0.2) is 14.4 Å². The molecule has 17 heavy (non-hydrogen) atoms. The minimum Gasteiger partial charge on any atom is -0.233 e. The smallest absolute Gasteiger partial charge is 0.164 e. The normalized spacial score (nSPS) is 10.9. The van der Waals surface area contributed by atoms with E-state index < -0.39 is 0 Å². The molecule has 0 aliphatic carbocycles. The summed E-state index contributed by atoms with van der Waals surface area (Å²) in [6.07, 6.45) is 0. The number of hydrogen-bond donors (Lipinski definition) is 0. The Bertz CT molecular complexity index is 541. The van der Waals surface area contributed by atoms with Gasteiger partial charge in [0.1, 0.15) is 11.0 Å². The summed E-state index contributed by atoms with van der Waals surface area (Å²) in [5, 5.41) is 0.335. The maximum Gasteiger partial charge on any atom is 0.164 e. The third-order valence-corrected chi connectivity index (χ3v) is 2.61. The standard InChI is InChI=1S/C13H12ClFN2/c1-8(2)11-7-12(14)17-13(16-11)9-5-3-4-6-10(9)15/h3-8H,1-2H3. The van der Waals surface area contributed by atoms with Crippen molar-refractivity contribution >= 4 is 11.6 Å². The number of halogens is 2. The van der Waals surface area contributed by atoms with Gasteiger partial charge in [-0.2, -0.15) is 0 Å². The zero-order valence-corrected chi connectivity index (χ0v) is 10.4. The van der Waals surface area contributed by atoms with Crippen molar-refractivity contribution in [3.05, 3.63) is 47.0 Å². The van der Waals surface area contributed by atoms with Crippen molar-refractivity contribution in [1.29, 1.82) is 0 Å². The maximum atomic E-state index is 13.6. The van der Waals surface area contributed by atoms with Gasteiger partial charge in [0.2, 0.25) is 0 Å². The fraction of sp³-hybridized carbons (Fsp3) is 0.231. The average molecular weight is 251 g/mol. The predicted octanol–water partition coefficient (Wildman–Crippen LogP) is 4.06. The van der Waals surface area contributed by atoms with Crippen molar-refractivity contribution in [3.63, 3.8) is 0 Å². The van der Waals surface area contributed by atoms with Crippen LogP contribution in [0.4, 0.5) is 4.39 Å². The Balaban J connectivity index is 2.56. The quantitative estimate of drug-likeness (QED) is 0.751. The van der Waals surface area contributed by atoms with Gasteiger partial charge in [0.05, 0.1) is 5.56 Å². The summed E-state index contributed by atoms with van der Waals surface area (Å²) in [5.74, 6) is 0.213. The molecule has 0 aliphatic rings. The molecule has 1 heterocycles. The molecule has 0 fully saturated rings. The number of hydrogen-bond acceptors (Lipinski definition) is 2. The highest BCUT2D eigenvalue weighted by atomic mass is 35.5. The first-order valence-electron chi connectivity index (χ1n) is 5.37. The van der Waals surface area contributed by atoms with Crippen LogP contribution >= 0.6 is 11.6 Å². The minimum atomic E-state index is -0.343. The van der Waals surface area contributed by atoms with Gasteiger partial charge >= 0.3 is 0 Å². The van der Waals surface area contributed by atoms with Crippen LogP contribution in [0.2, 0.25) is 5.15 Å². The molecule has 0 atom stereocenters. The van der Waals surface area contributed by atoms with E-state index in [0.717, 1.165) is 5.69 Å². The Morgan fingerprint density at radius 1 is 1.18 bits per heavy atom. The lowest BCUT2D eigenvalue weighted by atomic mass is 10.1. The molecule has 0 saturated carbocycles. The number of benzene rings is 1. The lowest BCUT2D eigenvalue weighted by Crippen LogP contribution is -1.99. The average Bonchev–Trinajstić information content (AvgIpc) is 2.28. The zero-order valence-electron chi connectivity index (χ0n) is 9.61. The van der Waals surface area contributed by atoms with Crippen LogP contribution in [0.25, 0.3) is 11.4 Å². The van der Waals surface area contributed by atoms with E-state index in [0.29, 0.717) is 16.5 Å². The van der Waals surface area contributed by atoms with Gasteiger partial charge in [-0.1, -0.05) is 37.6 Å². The molecule has 0 radical (unpaired) electrons. The fourth-order valence-corrected chi connectivity index (χ4v) is 1.69. The SMILES string of the molecule is CC(C)c1cc(Cl)nc(-c2ccccc2F)n1. The Hall–Kier alpha value is -1.48. The molecule has 0 amide bonds. The Morgan fingerprint density at radius 2 is 1.88 bits per heavy atom. The van der Waals surface area contributed by atoms with Gasteiger partial charge in [-0.05, 0) is 24.1 Å². The molecular weight excluding hydrogens is 239 g/mol. The second kappa shape index (κ2) is 4.80. The molecule has 0 bridgehead atoms. The largest absolute Gasteiger partial charge is 0.233 e. The molecule has 0 saturated heterocycles. The van der Waals surface area contributed by atoms with Crippen LogP contribution in [-0.2, 0) is 0 Å². The van der Waals surface area contributed by atoms with E-state index >= 15 is 0 Å². The van der Waals surface area contributed by atoms with Crippen LogP contribution in [0.3, 0.4) is 0 Å². The second-order valence-electron chi connectivity index (χ2n) is 4.07. The summed E-state index contributed by atoms with van der Waals surface area (Å²) in [6.45, 7) is 4.01. The van der Waals surface area contributed by atoms with Crippen molar-refractivity contribution in [2.75, 3.05) is 0 Å². The molecule has 2 rings (SSSR count). The Kier molecular flexibility index (Phi) is 3.38. The summed E-state index contributed by atoms with van der Waals surface area (Å²) in [5.41, 5.74) is 1.18. The molecule has 2 aromatic rings. The number of nitrogens with zero attached hydrogens (tertiary/aromatic N) is 2. The van der Waals surface area contributed by atoms with Gasteiger partial charge in [-0.15, -0.1) is 0 Å². The highest BCUT2D eigenvalue weighted by molar-refractivity contribution is 6.29. The van der Waals surface area contributed by atoms with Crippen LogP contribution in [0.5, 0.6) is 0 Å². The summed E-state index contributed by atoms with van der Waals surface area (Å²) >= 11 is 5.92. The Labute approximate surface area is 104 Å². The maximum absolute atomic E-state index is 13.6. The highest BCUT2D eigenvalue weighted by Crippen LogP contribution is 2.23. The summed E-state index contributed by atoms with van der Waals surface area (Å²) in [4.78, 5) is 8.39. The van der Waals surface area contributed by atoms with Crippen molar-refractivity contribution in [2.45, 2.75) is 19.8 Å². The van der Waals surface area contributed by atoms with Crippen molar-refractivity contribution in [3.8, 4) is 11.4 Å². The molecule has 1 aromatic heterocycles. The molecule has 88 valence electrons. The van der Waals surface area contributed by atoms with E-state index in [2.05, 4.69) is 9.97 Å². The van der Waals surface area contributed by atoms with Gasteiger partial charge < -0.3 is 0 Å². The fourth-order valence-electron chi connectivity index (χ4n) is 1.49.